The Morgan fingerprint density at radius 3 is 2.55 bits per heavy atom. The fraction of sp³-hybridized carbons (Fsp3) is 0.667. The number of likely N-dealkylation sites (tertiary alicyclic amines) is 1. The van der Waals surface area contributed by atoms with Crippen molar-refractivity contribution >= 4 is 0 Å². The first kappa shape index (κ1) is 15.5. The molecule has 3 atom stereocenters. The molecule has 0 bridgehead atoms. The molecule has 1 heterocycles. The molecule has 0 radical (unpaired) electrons. The average molecular weight is 274 g/mol. The van der Waals surface area contributed by atoms with Gasteiger partial charge in [0.1, 0.15) is 0 Å². The lowest BCUT2D eigenvalue weighted by atomic mass is 9.92. The summed E-state index contributed by atoms with van der Waals surface area (Å²) >= 11 is 0. The van der Waals surface area contributed by atoms with Gasteiger partial charge in [-0.15, -0.1) is 0 Å². The third kappa shape index (κ3) is 4.07. The van der Waals surface area contributed by atoms with E-state index in [0.717, 1.165) is 19.0 Å². The molecule has 2 nitrogen and oxygen atoms in total. The van der Waals surface area contributed by atoms with Crippen molar-refractivity contribution in [2.24, 2.45) is 5.92 Å². The number of hydrogen-bond donors (Lipinski definition) is 1. The van der Waals surface area contributed by atoms with Gasteiger partial charge in [-0.2, -0.15) is 0 Å². The maximum Gasteiger partial charge on any atom is 0.0449 e. The predicted molar refractivity (Wildman–Crippen MR) is 87.0 cm³/mol. The first-order chi connectivity index (χ1) is 9.60. The highest BCUT2D eigenvalue weighted by Crippen LogP contribution is 2.25. The van der Waals surface area contributed by atoms with Gasteiger partial charge < -0.3 is 5.32 Å². The van der Waals surface area contributed by atoms with Gasteiger partial charge in [0.2, 0.25) is 0 Å². The summed E-state index contributed by atoms with van der Waals surface area (Å²) in [4.78, 5) is 2.66. The van der Waals surface area contributed by atoms with E-state index in [1.807, 2.05) is 0 Å². The minimum atomic E-state index is 0.455. The van der Waals surface area contributed by atoms with E-state index in [0.29, 0.717) is 12.1 Å². The van der Waals surface area contributed by atoms with Crippen molar-refractivity contribution in [2.45, 2.75) is 52.6 Å². The number of nitrogens with one attached hydrogen (secondary N) is 1. The second-order valence-corrected chi connectivity index (χ2v) is 6.49. The third-order valence-electron chi connectivity index (χ3n) is 4.62. The van der Waals surface area contributed by atoms with E-state index >= 15 is 0 Å². The van der Waals surface area contributed by atoms with Gasteiger partial charge in [0, 0.05) is 18.6 Å². The number of piperidine rings is 1. The largest absolute Gasteiger partial charge is 0.309 e. The number of rotatable bonds is 5. The average Bonchev–Trinajstić information content (AvgIpc) is 2.42. The zero-order valence-corrected chi connectivity index (χ0v) is 13.5. The number of likely N-dealkylation sites (N-methyl/N-ethyl adjacent to an activating group) is 1. The minimum absolute atomic E-state index is 0.455. The summed E-state index contributed by atoms with van der Waals surface area (Å²) in [6, 6.07) is 10.2. The molecular formula is C18H30N2. The second kappa shape index (κ2) is 7.24. The lowest BCUT2D eigenvalue weighted by molar-refractivity contribution is 0.117. The second-order valence-electron chi connectivity index (χ2n) is 6.49. The molecule has 0 aliphatic carbocycles. The summed E-state index contributed by atoms with van der Waals surface area (Å²) in [6.07, 6.45) is 2.68. The normalized spacial score (nSPS) is 25.6. The molecule has 1 aromatic rings. The van der Waals surface area contributed by atoms with Gasteiger partial charge in [0.05, 0.1) is 0 Å². The molecule has 0 aromatic heterocycles. The number of nitrogens with zero attached hydrogens (tertiary/aromatic N) is 1. The van der Waals surface area contributed by atoms with Crippen LogP contribution in [0.5, 0.6) is 0 Å². The highest BCUT2D eigenvalue weighted by atomic mass is 15.2. The van der Waals surface area contributed by atoms with E-state index in [4.69, 9.17) is 0 Å². The summed E-state index contributed by atoms with van der Waals surface area (Å²) in [5, 5.41) is 3.66. The van der Waals surface area contributed by atoms with Crippen molar-refractivity contribution in [2.75, 3.05) is 19.6 Å². The monoisotopic (exact) mass is 274 g/mol. The van der Waals surface area contributed by atoms with Crippen LogP contribution >= 0.6 is 0 Å². The van der Waals surface area contributed by atoms with E-state index < -0.39 is 0 Å². The lowest BCUT2D eigenvalue weighted by Gasteiger charge is -2.38. The van der Waals surface area contributed by atoms with Gasteiger partial charge in [-0.3, -0.25) is 4.90 Å². The van der Waals surface area contributed by atoms with Crippen molar-refractivity contribution < 1.29 is 0 Å². The van der Waals surface area contributed by atoms with Gasteiger partial charge in [0.25, 0.3) is 0 Å². The van der Waals surface area contributed by atoms with Crippen LogP contribution in [0.4, 0.5) is 0 Å². The van der Waals surface area contributed by atoms with Gasteiger partial charge in [-0.25, -0.2) is 0 Å². The number of benzene rings is 1. The Kier molecular flexibility index (Phi) is 5.62. The van der Waals surface area contributed by atoms with Crippen molar-refractivity contribution in [1.29, 1.82) is 0 Å². The van der Waals surface area contributed by atoms with Crippen LogP contribution in [0.15, 0.2) is 24.3 Å². The maximum absolute atomic E-state index is 3.66. The Hall–Kier alpha value is -0.860. The van der Waals surface area contributed by atoms with E-state index in [-0.39, 0.29) is 0 Å². The first-order valence-corrected chi connectivity index (χ1v) is 8.14. The molecule has 1 aliphatic rings. The summed E-state index contributed by atoms with van der Waals surface area (Å²) in [5.41, 5.74) is 2.76. The summed E-state index contributed by atoms with van der Waals surface area (Å²) < 4.78 is 0. The highest BCUT2D eigenvalue weighted by molar-refractivity contribution is 5.24. The molecule has 1 aromatic carbocycles. The topological polar surface area (TPSA) is 15.3 Å². The van der Waals surface area contributed by atoms with Gasteiger partial charge in [-0.1, -0.05) is 43.7 Å². The van der Waals surface area contributed by atoms with Crippen LogP contribution < -0.4 is 5.32 Å². The van der Waals surface area contributed by atoms with Crippen LogP contribution in [0.2, 0.25) is 0 Å². The Balaban J connectivity index is 2.03. The smallest absolute Gasteiger partial charge is 0.0449 e. The summed E-state index contributed by atoms with van der Waals surface area (Å²) in [7, 11) is 0. The molecule has 1 saturated heterocycles. The van der Waals surface area contributed by atoms with E-state index in [1.165, 1.54) is 30.5 Å². The molecule has 1 fully saturated rings. The van der Waals surface area contributed by atoms with Crippen molar-refractivity contribution in [3.8, 4) is 0 Å². The third-order valence-corrected chi connectivity index (χ3v) is 4.62. The molecule has 0 amide bonds. The Morgan fingerprint density at radius 2 is 1.95 bits per heavy atom. The molecule has 2 heteroatoms. The molecule has 1 N–H and O–H groups in total. The highest BCUT2D eigenvalue weighted by Gasteiger charge is 2.25. The molecular weight excluding hydrogens is 244 g/mol. The van der Waals surface area contributed by atoms with Gasteiger partial charge in [0.15, 0.2) is 0 Å². The van der Waals surface area contributed by atoms with Crippen LogP contribution in [-0.2, 0) is 0 Å². The Labute approximate surface area is 124 Å². The van der Waals surface area contributed by atoms with E-state index in [2.05, 4.69) is 62.2 Å². The molecule has 3 unspecified atom stereocenters. The predicted octanol–water partition coefficient (Wildman–Crippen LogP) is 3.77. The fourth-order valence-electron chi connectivity index (χ4n) is 3.29. The molecule has 0 spiro atoms. The van der Waals surface area contributed by atoms with Crippen LogP contribution in [0.3, 0.4) is 0 Å². The van der Waals surface area contributed by atoms with Gasteiger partial charge >= 0.3 is 0 Å². The molecule has 2 rings (SSSR count). The zero-order valence-electron chi connectivity index (χ0n) is 13.5. The lowest BCUT2D eigenvalue weighted by Crippen LogP contribution is -2.44. The van der Waals surface area contributed by atoms with Crippen LogP contribution in [-0.4, -0.2) is 30.6 Å². The molecule has 20 heavy (non-hydrogen) atoms. The van der Waals surface area contributed by atoms with Gasteiger partial charge in [-0.05, 0) is 51.3 Å². The van der Waals surface area contributed by atoms with Crippen molar-refractivity contribution in [1.82, 2.24) is 10.2 Å². The SMILES string of the molecule is CCNC(CN1CCC(C)CC1C)c1ccc(C)cc1. The Morgan fingerprint density at radius 1 is 1.25 bits per heavy atom. The van der Waals surface area contributed by atoms with Crippen molar-refractivity contribution in [3.05, 3.63) is 35.4 Å². The van der Waals surface area contributed by atoms with Crippen LogP contribution in [0.25, 0.3) is 0 Å². The Bertz CT molecular complexity index is 398. The fourth-order valence-corrected chi connectivity index (χ4v) is 3.29. The molecule has 1 aliphatic heterocycles. The number of hydrogen-bond acceptors (Lipinski definition) is 2. The van der Waals surface area contributed by atoms with Crippen molar-refractivity contribution in [3.63, 3.8) is 0 Å². The minimum Gasteiger partial charge on any atom is -0.309 e. The van der Waals surface area contributed by atoms with E-state index in [1.54, 1.807) is 0 Å². The maximum atomic E-state index is 3.66. The van der Waals surface area contributed by atoms with Crippen LogP contribution in [0, 0.1) is 12.8 Å². The molecule has 112 valence electrons. The molecule has 0 saturated carbocycles. The first-order valence-electron chi connectivity index (χ1n) is 8.14. The quantitative estimate of drug-likeness (QED) is 0.879. The summed E-state index contributed by atoms with van der Waals surface area (Å²) in [5.74, 6) is 0.887. The van der Waals surface area contributed by atoms with Crippen LogP contribution in [0.1, 0.15) is 50.8 Å². The van der Waals surface area contributed by atoms with E-state index in [9.17, 15) is 0 Å². The number of aryl methyl sites for hydroxylation is 1. The zero-order chi connectivity index (χ0) is 14.5. The standard InChI is InChI=1S/C18H30N2/c1-5-19-18(17-8-6-14(2)7-9-17)13-20-11-10-15(3)12-16(20)4/h6-9,15-16,18-19H,5,10-13H2,1-4H3. The summed E-state index contributed by atoms with van der Waals surface area (Å²) in [6.45, 7) is 12.5.